The molecule has 0 fully saturated rings. The van der Waals surface area contributed by atoms with Crippen molar-refractivity contribution in [3.8, 4) is 5.75 Å². The third kappa shape index (κ3) is 1.80. The number of aryl methyl sites for hydroxylation is 1. The smallest absolute Gasteiger partial charge is 0.116 e. The number of rotatable bonds is 2. The number of nitrogens with one attached hydrogen (secondary N) is 1. The molecule has 1 aromatic heterocycles. The van der Waals surface area contributed by atoms with Gasteiger partial charge < -0.3 is 5.11 Å². The quantitative estimate of drug-likeness (QED) is 0.716. The van der Waals surface area contributed by atoms with Crippen LogP contribution in [-0.4, -0.2) is 9.78 Å². The Hall–Kier alpha value is -2.42. The summed E-state index contributed by atoms with van der Waals surface area (Å²) in [6, 6.07) is 15.4. The summed E-state index contributed by atoms with van der Waals surface area (Å²) in [6.07, 6.45) is 2.02. The van der Waals surface area contributed by atoms with Gasteiger partial charge >= 0.3 is 0 Å². The number of aromatic nitrogens is 1. The lowest BCUT2D eigenvalue weighted by molar-refractivity contribution is 0.476. The van der Waals surface area contributed by atoms with Gasteiger partial charge in [0, 0.05) is 11.6 Å². The number of para-hydroxylation sites is 1. The standard InChI is InChI=1S/C15H14N2O/c1-11-10-17(16-12-5-3-2-4-6-12)15-8-7-13(18)9-14(11)15/h2-10,16,18H,1H3. The summed E-state index contributed by atoms with van der Waals surface area (Å²) in [6.45, 7) is 2.03. The number of hydrogen-bond acceptors (Lipinski definition) is 2. The second kappa shape index (κ2) is 4.11. The van der Waals surface area contributed by atoms with Gasteiger partial charge in [0.15, 0.2) is 0 Å². The van der Waals surface area contributed by atoms with Crippen LogP contribution in [0.15, 0.2) is 54.7 Å². The molecule has 3 aromatic rings. The van der Waals surface area contributed by atoms with Gasteiger partial charge in [-0.15, -0.1) is 0 Å². The van der Waals surface area contributed by atoms with E-state index in [9.17, 15) is 5.11 Å². The van der Waals surface area contributed by atoms with E-state index in [1.165, 1.54) is 0 Å². The minimum atomic E-state index is 0.295. The number of anilines is 1. The van der Waals surface area contributed by atoms with Crippen molar-refractivity contribution in [3.63, 3.8) is 0 Å². The van der Waals surface area contributed by atoms with Crippen molar-refractivity contribution in [2.45, 2.75) is 6.92 Å². The maximum absolute atomic E-state index is 9.52. The molecule has 2 N–H and O–H groups in total. The Kier molecular flexibility index (Phi) is 2.45. The fourth-order valence-electron chi connectivity index (χ4n) is 2.13. The van der Waals surface area contributed by atoms with Crippen LogP contribution in [0.5, 0.6) is 5.75 Å². The molecule has 90 valence electrons. The highest BCUT2D eigenvalue weighted by atomic mass is 16.3. The van der Waals surface area contributed by atoms with Crippen molar-refractivity contribution in [2.75, 3.05) is 5.43 Å². The minimum absolute atomic E-state index is 0.295. The molecule has 18 heavy (non-hydrogen) atoms. The predicted molar refractivity (Wildman–Crippen MR) is 73.8 cm³/mol. The van der Waals surface area contributed by atoms with Gasteiger partial charge in [-0.05, 0) is 42.8 Å². The van der Waals surface area contributed by atoms with E-state index >= 15 is 0 Å². The van der Waals surface area contributed by atoms with Gasteiger partial charge in [0.1, 0.15) is 5.75 Å². The highest BCUT2D eigenvalue weighted by molar-refractivity contribution is 5.85. The number of fused-ring (bicyclic) bond motifs is 1. The second-order valence-corrected chi connectivity index (χ2v) is 4.36. The largest absolute Gasteiger partial charge is 0.508 e. The summed E-state index contributed by atoms with van der Waals surface area (Å²) in [5.41, 5.74) is 6.53. The zero-order valence-electron chi connectivity index (χ0n) is 10.1. The lowest BCUT2D eigenvalue weighted by Gasteiger charge is -2.08. The van der Waals surface area contributed by atoms with Crippen LogP contribution < -0.4 is 5.43 Å². The van der Waals surface area contributed by atoms with Crippen LogP contribution >= 0.6 is 0 Å². The highest BCUT2D eigenvalue weighted by Crippen LogP contribution is 2.25. The Morgan fingerprint density at radius 3 is 2.61 bits per heavy atom. The van der Waals surface area contributed by atoms with E-state index in [-0.39, 0.29) is 0 Å². The Balaban J connectivity index is 2.08. The van der Waals surface area contributed by atoms with Crippen LogP contribution in [0.25, 0.3) is 10.9 Å². The van der Waals surface area contributed by atoms with Crippen molar-refractivity contribution in [3.05, 3.63) is 60.3 Å². The topological polar surface area (TPSA) is 37.2 Å². The summed E-state index contributed by atoms with van der Waals surface area (Å²) in [7, 11) is 0. The highest BCUT2D eigenvalue weighted by Gasteiger charge is 2.06. The first-order valence-corrected chi connectivity index (χ1v) is 5.87. The van der Waals surface area contributed by atoms with Crippen LogP contribution in [-0.2, 0) is 0 Å². The lowest BCUT2D eigenvalue weighted by Crippen LogP contribution is -2.06. The molecule has 0 unspecified atom stereocenters. The number of nitrogens with zero attached hydrogens (tertiary/aromatic N) is 1. The molecule has 3 rings (SSSR count). The second-order valence-electron chi connectivity index (χ2n) is 4.36. The number of benzene rings is 2. The van der Waals surface area contributed by atoms with Gasteiger partial charge in [-0.2, -0.15) is 0 Å². The maximum Gasteiger partial charge on any atom is 0.116 e. The molecule has 0 aliphatic heterocycles. The molecule has 3 heteroatoms. The predicted octanol–water partition coefficient (Wildman–Crippen LogP) is 3.53. The maximum atomic E-state index is 9.52. The number of phenolic OH excluding ortho intramolecular Hbond substituents is 1. The normalized spacial score (nSPS) is 10.7. The third-order valence-corrected chi connectivity index (χ3v) is 3.01. The first kappa shape index (κ1) is 10.7. The van der Waals surface area contributed by atoms with Crippen LogP contribution in [0.4, 0.5) is 5.69 Å². The van der Waals surface area contributed by atoms with Crippen molar-refractivity contribution >= 4 is 16.6 Å². The van der Waals surface area contributed by atoms with E-state index in [1.54, 1.807) is 12.1 Å². The molecule has 0 radical (unpaired) electrons. The molecule has 0 bridgehead atoms. The summed E-state index contributed by atoms with van der Waals surface area (Å²) >= 11 is 0. The Morgan fingerprint density at radius 1 is 1.06 bits per heavy atom. The summed E-state index contributed by atoms with van der Waals surface area (Å²) in [5, 5.41) is 10.6. The van der Waals surface area contributed by atoms with Crippen molar-refractivity contribution in [2.24, 2.45) is 0 Å². The molecule has 0 spiro atoms. The number of hydrogen-bond donors (Lipinski definition) is 2. The summed E-state index contributed by atoms with van der Waals surface area (Å²) < 4.78 is 1.97. The Morgan fingerprint density at radius 2 is 1.83 bits per heavy atom. The van der Waals surface area contributed by atoms with E-state index < -0.39 is 0 Å². The van der Waals surface area contributed by atoms with Crippen LogP contribution in [0.1, 0.15) is 5.56 Å². The van der Waals surface area contributed by atoms with E-state index in [2.05, 4.69) is 5.43 Å². The molecule has 1 heterocycles. The molecule has 0 saturated carbocycles. The molecule has 0 atom stereocenters. The van der Waals surface area contributed by atoms with E-state index in [4.69, 9.17) is 0 Å². The molecule has 2 aromatic carbocycles. The molecule has 3 nitrogen and oxygen atoms in total. The zero-order chi connectivity index (χ0) is 12.5. The van der Waals surface area contributed by atoms with Gasteiger partial charge in [-0.3, -0.25) is 10.1 Å². The molecular weight excluding hydrogens is 224 g/mol. The first-order chi connectivity index (χ1) is 8.74. The zero-order valence-corrected chi connectivity index (χ0v) is 10.1. The van der Waals surface area contributed by atoms with Crippen molar-refractivity contribution < 1.29 is 5.11 Å². The number of phenols is 1. The molecule has 0 aliphatic carbocycles. The van der Waals surface area contributed by atoms with Crippen molar-refractivity contribution in [1.29, 1.82) is 0 Å². The summed E-state index contributed by atoms with van der Waals surface area (Å²) in [4.78, 5) is 0. The fourth-order valence-corrected chi connectivity index (χ4v) is 2.13. The SMILES string of the molecule is Cc1cn(Nc2ccccc2)c2ccc(O)cc12. The average molecular weight is 238 g/mol. The van der Waals surface area contributed by atoms with Crippen LogP contribution in [0.2, 0.25) is 0 Å². The van der Waals surface area contributed by atoms with E-state index in [1.807, 2.05) is 54.2 Å². The molecule has 0 aliphatic rings. The lowest BCUT2D eigenvalue weighted by atomic mass is 10.2. The number of aromatic hydroxyl groups is 1. The Labute approximate surface area is 105 Å². The summed E-state index contributed by atoms with van der Waals surface area (Å²) in [5.74, 6) is 0.295. The Bertz CT molecular complexity index is 686. The first-order valence-electron chi connectivity index (χ1n) is 5.87. The van der Waals surface area contributed by atoms with Crippen LogP contribution in [0.3, 0.4) is 0 Å². The van der Waals surface area contributed by atoms with E-state index in [0.29, 0.717) is 5.75 Å². The van der Waals surface area contributed by atoms with Gasteiger partial charge in [-0.1, -0.05) is 18.2 Å². The monoisotopic (exact) mass is 238 g/mol. The molecule has 0 amide bonds. The third-order valence-electron chi connectivity index (χ3n) is 3.01. The van der Waals surface area contributed by atoms with E-state index in [0.717, 1.165) is 22.2 Å². The average Bonchev–Trinajstić information content (AvgIpc) is 2.67. The molecular formula is C15H14N2O. The molecule has 0 saturated heterocycles. The fraction of sp³-hybridized carbons (Fsp3) is 0.0667. The van der Waals surface area contributed by atoms with Crippen LogP contribution in [0, 0.1) is 6.92 Å². The van der Waals surface area contributed by atoms with Gasteiger partial charge in [-0.25, -0.2) is 0 Å². The van der Waals surface area contributed by atoms with Gasteiger partial charge in [0.25, 0.3) is 0 Å². The van der Waals surface area contributed by atoms with Crippen molar-refractivity contribution in [1.82, 2.24) is 4.68 Å². The van der Waals surface area contributed by atoms with Gasteiger partial charge in [0.2, 0.25) is 0 Å². The van der Waals surface area contributed by atoms with Gasteiger partial charge in [0.05, 0.1) is 11.2 Å². The minimum Gasteiger partial charge on any atom is -0.508 e.